The van der Waals surface area contributed by atoms with Gasteiger partial charge in [0.1, 0.15) is 6.29 Å². The number of hydrogen-bond acceptors (Lipinski definition) is 3. The molecule has 0 unspecified atom stereocenters. The number of carbonyl (C=O) groups is 1. The monoisotopic (exact) mass is 237 g/mol. The molecule has 0 atom stereocenters. The molecule has 2 saturated carbocycles. The van der Waals surface area contributed by atoms with Crippen molar-refractivity contribution >= 4 is 6.29 Å². The summed E-state index contributed by atoms with van der Waals surface area (Å²) in [5, 5.41) is 0. The maximum Gasteiger partial charge on any atom is 0.127 e. The van der Waals surface area contributed by atoms with E-state index in [0.29, 0.717) is 0 Å². The third-order valence-electron chi connectivity index (χ3n) is 4.51. The van der Waals surface area contributed by atoms with Crippen LogP contribution in [0.15, 0.2) is 0 Å². The van der Waals surface area contributed by atoms with Crippen LogP contribution < -0.4 is 0 Å². The lowest BCUT2D eigenvalue weighted by Gasteiger charge is -2.37. The lowest BCUT2D eigenvalue weighted by atomic mass is 9.81. The molecule has 2 aliphatic carbocycles. The predicted octanol–water partition coefficient (Wildman–Crippen LogP) is 1.86. The average molecular weight is 237 g/mol. The van der Waals surface area contributed by atoms with Crippen LogP contribution in [0.3, 0.4) is 0 Å². The molecular formula is C14H23NO2. The minimum atomic E-state index is -0.101. The Hall–Kier alpha value is -0.410. The lowest BCUT2D eigenvalue weighted by molar-refractivity contribution is -0.123. The normalized spacial score (nSPS) is 28.3. The number of rotatable bonds is 6. The molecule has 3 aliphatic rings. The SMILES string of the molecule is O=CC1(CN(CC2CC2)C2CC2)CCOCC1. The van der Waals surface area contributed by atoms with Crippen molar-refractivity contribution in [3.8, 4) is 0 Å². The van der Waals surface area contributed by atoms with Gasteiger partial charge in [0.25, 0.3) is 0 Å². The first-order chi connectivity index (χ1) is 8.31. The van der Waals surface area contributed by atoms with Crippen LogP contribution in [-0.2, 0) is 9.53 Å². The van der Waals surface area contributed by atoms with Gasteiger partial charge in [-0.3, -0.25) is 4.90 Å². The van der Waals surface area contributed by atoms with Crippen molar-refractivity contribution in [1.29, 1.82) is 0 Å². The van der Waals surface area contributed by atoms with Crippen LogP contribution in [0.5, 0.6) is 0 Å². The zero-order valence-electron chi connectivity index (χ0n) is 10.6. The quantitative estimate of drug-likeness (QED) is 0.660. The minimum Gasteiger partial charge on any atom is -0.381 e. The Bertz CT molecular complexity index is 278. The molecule has 3 heteroatoms. The fourth-order valence-electron chi connectivity index (χ4n) is 2.91. The number of nitrogens with zero attached hydrogens (tertiary/aromatic N) is 1. The first kappa shape index (κ1) is 11.7. The first-order valence-electron chi connectivity index (χ1n) is 7.09. The Labute approximate surface area is 104 Å². The summed E-state index contributed by atoms with van der Waals surface area (Å²) in [5.74, 6) is 0.930. The number of aldehydes is 1. The van der Waals surface area contributed by atoms with E-state index >= 15 is 0 Å². The summed E-state index contributed by atoms with van der Waals surface area (Å²) in [6.07, 6.45) is 8.56. The van der Waals surface area contributed by atoms with Crippen LogP contribution in [0, 0.1) is 11.3 Å². The summed E-state index contributed by atoms with van der Waals surface area (Å²) in [6, 6.07) is 0.787. The molecule has 0 bridgehead atoms. The summed E-state index contributed by atoms with van der Waals surface area (Å²) < 4.78 is 5.40. The van der Waals surface area contributed by atoms with Gasteiger partial charge in [0.15, 0.2) is 0 Å². The highest BCUT2D eigenvalue weighted by Crippen LogP contribution is 2.38. The van der Waals surface area contributed by atoms with E-state index in [9.17, 15) is 4.79 Å². The molecule has 3 nitrogen and oxygen atoms in total. The lowest BCUT2D eigenvalue weighted by Crippen LogP contribution is -2.44. The van der Waals surface area contributed by atoms with E-state index < -0.39 is 0 Å². The van der Waals surface area contributed by atoms with Gasteiger partial charge in [-0.1, -0.05) is 0 Å². The number of carbonyl (C=O) groups excluding carboxylic acids is 1. The van der Waals surface area contributed by atoms with Crippen molar-refractivity contribution in [2.45, 2.75) is 44.6 Å². The number of ether oxygens (including phenoxy) is 1. The van der Waals surface area contributed by atoms with Crippen molar-refractivity contribution in [3.05, 3.63) is 0 Å². The summed E-state index contributed by atoms with van der Waals surface area (Å²) in [6.45, 7) is 3.75. The summed E-state index contributed by atoms with van der Waals surface area (Å²) in [4.78, 5) is 14.1. The zero-order chi connectivity index (χ0) is 11.7. The van der Waals surface area contributed by atoms with Gasteiger partial charge in [0.2, 0.25) is 0 Å². The standard InChI is InChI=1S/C14H23NO2/c16-11-14(5-7-17-8-6-14)10-15(13-3-4-13)9-12-1-2-12/h11-13H,1-10H2. The third-order valence-corrected chi connectivity index (χ3v) is 4.51. The third kappa shape index (κ3) is 2.89. The summed E-state index contributed by atoms with van der Waals surface area (Å²) >= 11 is 0. The molecule has 3 rings (SSSR count). The van der Waals surface area contributed by atoms with Crippen LogP contribution in [0.2, 0.25) is 0 Å². The molecule has 0 N–H and O–H groups in total. The minimum absolute atomic E-state index is 0.101. The molecule has 1 heterocycles. The van der Waals surface area contributed by atoms with Gasteiger partial charge in [-0.2, -0.15) is 0 Å². The maximum atomic E-state index is 11.5. The van der Waals surface area contributed by atoms with Crippen molar-refractivity contribution in [3.63, 3.8) is 0 Å². The van der Waals surface area contributed by atoms with Crippen LogP contribution in [0.25, 0.3) is 0 Å². The van der Waals surface area contributed by atoms with Crippen molar-refractivity contribution < 1.29 is 9.53 Å². The highest BCUT2D eigenvalue weighted by molar-refractivity contribution is 5.60. The topological polar surface area (TPSA) is 29.5 Å². The molecule has 0 amide bonds. The summed E-state index contributed by atoms with van der Waals surface area (Å²) in [5.41, 5.74) is -0.101. The summed E-state index contributed by atoms with van der Waals surface area (Å²) in [7, 11) is 0. The zero-order valence-corrected chi connectivity index (χ0v) is 10.6. The van der Waals surface area contributed by atoms with Crippen LogP contribution >= 0.6 is 0 Å². The molecule has 3 fully saturated rings. The second-order valence-corrected chi connectivity index (χ2v) is 6.20. The van der Waals surface area contributed by atoms with E-state index in [1.165, 1.54) is 38.5 Å². The fraction of sp³-hybridized carbons (Fsp3) is 0.929. The van der Waals surface area contributed by atoms with Crippen molar-refractivity contribution in [1.82, 2.24) is 4.90 Å². The molecule has 1 aliphatic heterocycles. The largest absolute Gasteiger partial charge is 0.381 e. The Morgan fingerprint density at radius 1 is 1.18 bits per heavy atom. The smallest absolute Gasteiger partial charge is 0.127 e. The van der Waals surface area contributed by atoms with Gasteiger partial charge < -0.3 is 9.53 Å². The van der Waals surface area contributed by atoms with Crippen molar-refractivity contribution in [2.75, 3.05) is 26.3 Å². The first-order valence-corrected chi connectivity index (χ1v) is 7.09. The highest BCUT2D eigenvalue weighted by Gasteiger charge is 2.40. The fourth-order valence-corrected chi connectivity index (χ4v) is 2.91. The Morgan fingerprint density at radius 2 is 1.88 bits per heavy atom. The Kier molecular flexibility index (Phi) is 3.22. The maximum absolute atomic E-state index is 11.5. The van der Waals surface area contributed by atoms with Crippen LogP contribution in [0.4, 0.5) is 0 Å². The molecular weight excluding hydrogens is 214 g/mol. The Balaban J connectivity index is 1.61. The van der Waals surface area contributed by atoms with Crippen LogP contribution in [-0.4, -0.2) is 43.5 Å². The van der Waals surface area contributed by atoms with E-state index in [-0.39, 0.29) is 5.41 Å². The molecule has 0 radical (unpaired) electrons. The molecule has 96 valence electrons. The van der Waals surface area contributed by atoms with E-state index in [1.54, 1.807) is 0 Å². The number of hydrogen-bond donors (Lipinski definition) is 0. The average Bonchev–Trinajstić information content (AvgIpc) is 3.22. The van der Waals surface area contributed by atoms with Gasteiger partial charge in [-0.05, 0) is 44.4 Å². The second-order valence-electron chi connectivity index (χ2n) is 6.20. The predicted molar refractivity (Wildman–Crippen MR) is 65.9 cm³/mol. The van der Waals surface area contributed by atoms with Gasteiger partial charge >= 0.3 is 0 Å². The second kappa shape index (κ2) is 4.69. The highest BCUT2D eigenvalue weighted by atomic mass is 16.5. The van der Waals surface area contributed by atoms with Gasteiger partial charge in [0.05, 0.1) is 0 Å². The molecule has 0 aromatic carbocycles. The Morgan fingerprint density at radius 3 is 2.41 bits per heavy atom. The van der Waals surface area contributed by atoms with Gasteiger partial charge in [-0.15, -0.1) is 0 Å². The molecule has 0 aromatic heterocycles. The van der Waals surface area contributed by atoms with Crippen LogP contribution in [0.1, 0.15) is 38.5 Å². The van der Waals surface area contributed by atoms with Gasteiger partial charge in [0, 0.05) is 37.8 Å². The molecule has 0 spiro atoms. The molecule has 0 aromatic rings. The molecule has 1 saturated heterocycles. The van der Waals surface area contributed by atoms with E-state index in [2.05, 4.69) is 4.90 Å². The molecule has 17 heavy (non-hydrogen) atoms. The van der Waals surface area contributed by atoms with E-state index in [0.717, 1.165) is 44.6 Å². The van der Waals surface area contributed by atoms with E-state index in [4.69, 9.17) is 4.74 Å². The van der Waals surface area contributed by atoms with Crippen molar-refractivity contribution in [2.24, 2.45) is 11.3 Å². The van der Waals surface area contributed by atoms with Gasteiger partial charge in [-0.25, -0.2) is 0 Å². The van der Waals surface area contributed by atoms with E-state index in [1.807, 2.05) is 0 Å².